The number of esters is 1. The summed E-state index contributed by atoms with van der Waals surface area (Å²) in [5.41, 5.74) is 0.722. The minimum absolute atomic E-state index is 0.0531. The zero-order valence-corrected chi connectivity index (χ0v) is 11.8. The van der Waals surface area contributed by atoms with Crippen molar-refractivity contribution in [2.24, 2.45) is 0 Å². The first-order valence-corrected chi connectivity index (χ1v) is 6.36. The molecule has 0 saturated heterocycles. The van der Waals surface area contributed by atoms with Gasteiger partial charge in [0.05, 0.1) is 12.7 Å². The Kier molecular flexibility index (Phi) is 4.09. The highest BCUT2D eigenvalue weighted by Gasteiger charge is 2.35. The Bertz CT molecular complexity index is 592. The van der Waals surface area contributed by atoms with E-state index in [1.54, 1.807) is 6.92 Å². The van der Waals surface area contributed by atoms with Crippen molar-refractivity contribution in [2.75, 3.05) is 7.11 Å². The van der Waals surface area contributed by atoms with Gasteiger partial charge in [-0.05, 0) is 19.1 Å². The maximum absolute atomic E-state index is 14.0. The molecule has 1 aliphatic heterocycles. The van der Waals surface area contributed by atoms with Gasteiger partial charge in [-0.2, -0.15) is 0 Å². The van der Waals surface area contributed by atoms with Gasteiger partial charge in [-0.15, -0.1) is 0 Å². The molecule has 0 radical (unpaired) electrons. The molecule has 1 amide bonds. The van der Waals surface area contributed by atoms with E-state index in [9.17, 15) is 14.0 Å². The van der Waals surface area contributed by atoms with Crippen LogP contribution in [0.25, 0.3) is 0 Å². The number of methoxy groups -OCH3 is 1. The third kappa shape index (κ3) is 2.54. The molecule has 1 atom stereocenters. The van der Waals surface area contributed by atoms with Crippen molar-refractivity contribution < 1.29 is 18.7 Å². The molecule has 1 aromatic rings. The molecule has 20 heavy (non-hydrogen) atoms. The van der Waals surface area contributed by atoms with Crippen molar-refractivity contribution in [3.05, 3.63) is 45.9 Å². The van der Waals surface area contributed by atoms with Gasteiger partial charge in [-0.1, -0.05) is 17.7 Å². The van der Waals surface area contributed by atoms with Gasteiger partial charge in [0.25, 0.3) is 0 Å². The van der Waals surface area contributed by atoms with Gasteiger partial charge >= 0.3 is 5.97 Å². The molecule has 0 saturated carbocycles. The number of amides is 1. The van der Waals surface area contributed by atoms with Crippen LogP contribution in [0.4, 0.5) is 4.39 Å². The van der Waals surface area contributed by atoms with Gasteiger partial charge in [0.1, 0.15) is 5.82 Å². The Hall–Kier alpha value is -1.88. The van der Waals surface area contributed by atoms with Gasteiger partial charge in [-0.3, -0.25) is 4.79 Å². The Balaban J connectivity index is 2.60. The van der Waals surface area contributed by atoms with E-state index in [2.05, 4.69) is 5.32 Å². The highest BCUT2D eigenvalue weighted by molar-refractivity contribution is 6.31. The van der Waals surface area contributed by atoms with Gasteiger partial charge in [-0.25, -0.2) is 9.18 Å². The number of rotatable bonds is 2. The molecule has 6 heteroatoms. The number of benzene rings is 1. The van der Waals surface area contributed by atoms with E-state index < -0.39 is 17.7 Å². The van der Waals surface area contributed by atoms with Crippen molar-refractivity contribution >= 4 is 23.5 Å². The second-order valence-electron chi connectivity index (χ2n) is 4.47. The molecule has 1 N–H and O–H groups in total. The van der Waals surface area contributed by atoms with E-state index in [0.717, 1.165) is 0 Å². The Labute approximate surface area is 120 Å². The van der Waals surface area contributed by atoms with Crippen LogP contribution in [0, 0.1) is 5.82 Å². The number of ether oxygens (including phenoxy) is 1. The lowest BCUT2D eigenvalue weighted by molar-refractivity contribution is -0.136. The van der Waals surface area contributed by atoms with Gasteiger partial charge in [0.15, 0.2) is 0 Å². The van der Waals surface area contributed by atoms with Crippen LogP contribution in [0.5, 0.6) is 0 Å². The van der Waals surface area contributed by atoms with Gasteiger partial charge < -0.3 is 10.1 Å². The van der Waals surface area contributed by atoms with Gasteiger partial charge in [0, 0.05) is 28.6 Å². The fraction of sp³-hybridized carbons (Fsp3) is 0.286. The van der Waals surface area contributed by atoms with E-state index in [0.29, 0.717) is 5.70 Å². The molecule has 1 heterocycles. The standard InChI is InChI=1S/C14H13ClFNO3/c1-7-12(14(19)20-2)8(6-11(18)17-7)13-9(15)4-3-5-10(13)16/h3-5,8H,6H2,1-2H3,(H,17,18)/t8-/m0/s1. The number of allylic oxidation sites excluding steroid dienone is 1. The monoisotopic (exact) mass is 297 g/mol. The maximum Gasteiger partial charge on any atom is 0.336 e. The second-order valence-corrected chi connectivity index (χ2v) is 4.88. The summed E-state index contributed by atoms with van der Waals surface area (Å²) in [5, 5.41) is 2.74. The minimum atomic E-state index is -0.745. The van der Waals surface area contributed by atoms with Crippen molar-refractivity contribution in [1.82, 2.24) is 5.32 Å². The predicted octanol–water partition coefficient (Wildman–Crippen LogP) is 2.53. The molecule has 0 aromatic heterocycles. The topological polar surface area (TPSA) is 55.4 Å². The lowest BCUT2D eigenvalue weighted by atomic mass is 9.84. The Morgan fingerprint density at radius 2 is 2.20 bits per heavy atom. The molecular formula is C14H13ClFNO3. The van der Waals surface area contributed by atoms with E-state index in [-0.39, 0.29) is 28.5 Å². The highest BCUT2D eigenvalue weighted by atomic mass is 35.5. The van der Waals surface area contributed by atoms with Crippen LogP contribution in [-0.4, -0.2) is 19.0 Å². The molecule has 4 nitrogen and oxygen atoms in total. The number of nitrogens with one attached hydrogen (secondary N) is 1. The van der Waals surface area contributed by atoms with E-state index in [4.69, 9.17) is 16.3 Å². The van der Waals surface area contributed by atoms with E-state index in [1.165, 1.54) is 25.3 Å². The number of hydrogen-bond donors (Lipinski definition) is 1. The van der Waals surface area contributed by atoms with Crippen LogP contribution < -0.4 is 5.32 Å². The summed E-state index contributed by atoms with van der Waals surface area (Å²) < 4.78 is 18.8. The lowest BCUT2D eigenvalue weighted by Crippen LogP contribution is -2.34. The third-order valence-corrected chi connectivity index (χ3v) is 3.55. The lowest BCUT2D eigenvalue weighted by Gasteiger charge is -2.27. The molecule has 0 unspecified atom stereocenters. The fourth-order valence-electron chi connectivity index (χ4n) is 2.37. The zero-order chi connectivity index (χ0) is 14.9. The van der Waals surface area contributed by atoms with Crippen molar-refractivity contribution in [2.45, 2.75) is 19.3 Å². The normalized spacial score (nSPS) is 18.8. The molecule has 0 spiro atoms. The predicted molar refractivity (Wildman–Crippen MR) is 71.6 cm³/mol. The number of carbonyl (C=O) groups excluding carboxylic acids is 2. The summed E-state index contributed by atoms with van der Waals surface area (Å²) >= 11 is 6.03. The van der Waals surface area contributed by atoms with Crippen LogP contribution >= 0.6 is 11.6 Å². The summed E-state index contributed by atoms with van der Waals surface area (Å²) in [6.45, 7) is 1.57. The first-order valence-electron chi connectivity index (χ1n) is 5.98. The fourth-order valence-corrected chi connectivity index (χ4v) is 2.67. The largest absolute Gasteiger partial charge is 0.466 e. The maximum atomic E-state index is 14.0. The number of carbonyl (C=O) groups is 2. The third-order valence-electron chi connectivity index (χ3n) is 3.22. The average Bonchev–Trinajstić information content (AvgIpc) is 2.37. The summed E-state index contributed by atoms with van der Waals surface area (Å²) in [5.74, 6) is -2.19. The molecule has 0 bridgehead atoms. The van der Waals surface area contributed by atoms with E-state index in [1.807, 2.05) is 0 Å². The number of hydrogen-bond acceptors (Lipinski definition) is 3. The van der Waals surface area contributed by atoms with E-state index >= 15 is 0 Å². The zero-order valence-electron chi connectivity index (χ0n) is 11.0. The van der Waals surface area contributed by atoms with Crippen LogP contribution in [-0.2, 0) is 14.3 Å². The molecule has 0 aliphatic carbocycles. The molecule has 1 aromatic carbocycles. The molecule has 0 fully saturated rings. The van der Waals surface area contributed by atoms with Crippen LogP contribution in [0.2, 0.25) is 5.02 Å². The molecule has 1 aliphatic rings. The van der Waals surface area contributed by atoms with Crippen LogP contribution in [0.15, 0.2) is 29.5 Å². The first kappa shape index (κ1) is 14.5. The van der Waals surface area contributed by atoms with Crippen molar-refractivity contribution in [1.29, 1.82) is 0 Å². The summed E-state index contributed by atoms with van der Waals surface area (Å²) in [6, 6.07) is 4.24. The molecule has 106 valence electrons. The summed E-state index contributed by atoms with van der Waals surface area (Å²) in [4.78, 5) is 23.6. The summed E-state index contributed by atoms with van der Waals surface area (Å²) in [6.07, 6.45) is -0.0531. The Morgan fingerprint density at radius 3 is 2.80 bits per heavy atom. The SMILES string of the molecule is COC(=O)C1=C(C)NC(=O)C[C@@H]1c1c(F)cccc1Cl. The average molecular weight is 298 g/mol. The number of halogens is 2. The Morgan fingerprint density at radius 1 is 1.50 bits per heavy atom. The van der Waals surface area contributed by atoms with Gasteiger partial charge in [0.2, 0.25) is 5.91 Å². The minimum Gasteiger partial charge on any atom is -0.466 e. The van der Waals surface area contributed by atoms with Crippen LogP contribution in [0.3, 0.4) is 0 Å². The first-order chi connectivity index (χ1) is 9.45. The molecule has 2 rings (SSSR count). The van der Waals surface area contributed by atoms with Crippen molar-refractivity contribution in [3.8, 4) is 0 Å². The summed E-state index contributed by atoms with van der Waals surface area (Å²) in [7, 11) is 1.24. The highest BCUT2D eigenvalue weighted by Crippen LogP contribution is 2.38. The smallest absolute Gasteiger partial charge is 0.336 e. The van der Waals surface area contributed by atoms with Crippen LogP contribution in [0.1, 0.15) is 24.8 Å². The molecular weight excluding hydrogens is 285 g/mol. The second kappa shape index (κ2) is 5.63. The quantitative estimate of drug-likeness (QED) is 0.854. The van der Waals surface area contributed by atoms with Crippen molar-refractivity contribution in [3.63, 3.8) is 0 Å².